The number of rotatable bonds is 2. The maximum Gasteiger partial charge on any atom is 0.216 e. The Bertz CT molecular complexity index is 380. The Balaban J connectivity index is 3.11. The Hall–Kier alpha value is 0.140. The van der Waals surface area contributed by atoms with Crippen LogP contribution in [0.4, 0.5) is 0 Å². The molecule has 0 unspecified atom stereocenters. The second-order valence-electron chi connectivity index (χ2n) is 3.27. The highest BCUT2D eigenvalue weighted by Crippen LogP contribution is 2.36. The fraction of sp³-hybridized carbons (Fsp3) is 0.750. The van der Waals surface area contributed by atoms with Crippen molar-refractivity contribution < 1.29 is 8.42 Å². The molecule has 1 saturated carbocycles. The summed E-state index contributed by atoms with van der Waals surface area (Å²) < 4.78 is 20.9. The highest BCUT2D eigenvalue weighted by molar-refractivity contribution is 9.26. The van der Waals surface area contributed by atoms with Gasteiger partial charge in [0.1, 0.15) is 0 Å². The molecule has 1 rings (SSSR count). The van der Waals surface area contributed by atoms with E-state index in [1.807, 2.05) is 6.07 Å². The third-order valence-corrected chi connectivity index (χ3v) is 5.09. The predicted octanol–water partition coefficient (Wildman–Crippen LogP) is 2.24. The van der Waals surface area contributed by atoms with Gasteiger partial charge in [0.25, 0.3) is 0 Å². The van der Waals surface area contributed by atoms with Crippen molar-refractivity contribution >= 4 is 47.0 Å². The molecule has 0 aliphatic heterocycles. The first kappa shape index (κ1) is 12.2. The Morgan fingerprint density at radius 3 is 2.21 bits per heavy atom. The van der Waals surface area contributed by atoms with Gasteiger partial charge in [-0.3, -0.25) is 0 Å². The van der Waals surface area contributed by atoms with Gasteiger partial charge in [-0.1, -0.05) is 12.8 Å². The molecular formula is C8H9Br2NO2S. The largest absolute Gasteiger partial charge is 0.216 e. The minimum absolute atomic E-state index is 0.00623. The molecule has 0 saturated heterocycles. The molecule has 3 nitrogen and oxygen atoms in total. The normalized spacial score (nSPS) is 17.8. The number of nitrogens with zero attached hydrogens (tertiary/aromatic N) is 1. The molecule has 1 fully saturated rings. The minimum atomic E-state index is -2.31. The van der Waals surface area contributed by atoms with Gasteiger partial charge in [0.2, 0.25) is 13.5 Å². The van der Waals surface area contributed by atoms with E-state index < -0.39 is 13.5 Å². The average Bonchev–Trinajstić information content (AvgIpc) is 2.56. The summed E-state index contributed by atoms with van der Waals surface area (Å²) in [7, 11) is -2.31. The summed E-state index contributed by atoms with van der Waals surface area (Å²) in [5, 5.41) is 8.84. The monoisotopic (exact) mass is 341 g/mol. The maximum absolute atomic E-state index is 11.0. The molecule has 0 aromatic heterocycles. The fourth-order valence-electron chi connectivity index (χ4n) is 1.74. The second-order valence-corrected chi connectivity index (χ2v) is 7.62. The number of halogens is 2. The number of nitriles is 1. The van der Waals surface area contributed by atoms with E-state index in [-0.39, 0.29) is 10.8 Å². The van der Waals surface area contributed by atoms with Crippen molar-refractivity contribution in [3.05, 3.63) is 0 Å². The van der Waals surface area contributed by atoms with Gasteiger partial charge in [-0.15, -0.1) is 0 Å². The van der Waals surface area contributed by atoms with Crippen LogP contribution in [0.25, 0.3) is 0 Å². The molecule has 0 bridgehead atoms. The molecule has 0 radical (unpaired) electrons. The van der Waals surface area contributed by atoms with E-state index in [1.165, 1.54) is 0 Å². The van der Waals surface area contributed by atoms with Crippen molar-refractivity contribution in [2.45, 2.75) is 28.9 Å². The zero-order valence-electron chi connectivity index (χ0n) is 7.33. The molecule has 0 aromatic carbocycles. The molecule has 0 N–H and O–H groups in total. The van der Waals surface area contributed by atoms with Crippen LogP contribution in [-0.4, -0.2) is 16.5 Å². The van der Waals surface area contributed by atoms with Crippen LogP contribution in [0.5, 0.6) is 0 Å². The van der Waals surface area contributed by atoms with E-state index >= 15 is 0 Å². The quantitative estimate of drug-likeness (QED) is 0.571. The van der Waals surface area contributed by atoms with Gasteiger partial charge in [0.15, 0.2) is 0 Å². The average molecular weight is 343 g/mol. The summed E-state index contributed by atoms with van der Waals surface area (Å²) in [5.74, 6) is 0.00623. The summed E-state index contributed by atoms with van der Waals surface area (Å²) >= 11 is 6.17. The van der Waals surface area contributed by atoms with Crippen molar-refractivity contribution in [2.24, 2.45) is 5.92 Å². The highest BCUT2D eigenvalue weighted by atomic mass is 79.9. The molecule has 0 heterocycles. The molecule has 1 aliphatic rings. The van der Waals surface area contributed by atoms with Crippen LogP contribution >= 0.6 is 31.9 Å². The Morgan fingerprint density at radius 1 is 1.36 bits per heavy atom. The molecule has 14 heavy (non-hydrogen) atoms. The first-order valence-electron chi connectivity index (χ1n) is 4.24. The molecule has 0 spiro atoms. The molecule has 0 amide bonds. The van der Waals surface area contributed by atoms with Crippen LogP contribution in [-0.2, 0) is 10.3 Å². The van der Waals surface area contributed by atoms with E-state index in [9.17, 15) is 8.42 Å². The van der Waals surface area contributed by atoms with Gasteiger partial charge >= 0.3 is 0 Å². The lowest BCUT2D eigenvalue weighted by molar-refractivity contribution is 0.624. The summed E-state index contributed by atoms with van der Waals surface area (Å²) in [5.41, 5.74) is 0. The molecule has 78 valence electrons. The van der Waals surface area contributed by atoms with Gasteiger partial charge in [-0.2, -0.15) is 13.7 Å². The van der Waals surface area contributed by atoms with Crippen molar-refractivity contribution in [3.8, 4) is 6.07 Å². The van der Waals surface area contributed by atoms with Gasteiger partial charge in [-0.05, 0) is 50.6 Å². The first-order chi connectivity index (χ1) is 6.49. The van der Waals surface area contributed by atoms with Gasteiger partial charge in [0.05, 0.1) is 10.9 Å². The van der Waals surface area contributed by atoms with Gasteiger partial charge in [0, 0.05) is 0 Å². The molecule has 0 aromatic rings. The lowest BCUT2D eigenvalue weighted by Gasteiger charge is -2.17. The Kier molecular flexibility index (Phi) is 4.16. The summed E-state index contributed by atoms with van der Waals surface area (Å²) in [4.78, 5) is 0.234. The Morgan fingerprint density at radius 2 is 1.86 bits per heavy atom. The zero-order chi connectivity index (χ0) is 10.8. The topological polar surface area (TPSA) is 57.9 Å². The van der Waals surface area contributed by atoms with Gasteiger partial charge in [-0.25, -0.2) is 0 Å². The van der Waals surface area contributed by atoms with E-state index in [2.05, 4.69) is 31.9 Å². The van der Waals surface area contributed by atoms with Crippen LogP contribution in [0.3, 0.4) is 0 Å². The molecule has 1 aliphatic carbocycles. The number of alkyl halides is 2. The van der Waals surface area contributed by atoms with E-state index in [4.69, 9.17) is 5.26 Å². The SMILES string of the molecule is N#CC(Br)(Br)C(C1CCCC1)=S(=O)=O. The predicted molar refractivity (Wildman–Crippen MR) is 62.1 cm³/mol. The summed E-state index contributed by atoms with van der Waals surface area (Å²) in [6, 6.07) is 1.90. The van der Waals surface area contributed by atoms with Crippen LogP contribution in [0.2, 0.25) is 0 Å². The Labute approximate surface area is 101 Å². The third-order valence-electron chi connectivity index (χ3n) is 2.36. The first-order valence-corrected chi connectivity index (χ1v) is 6.91. The standard InChI is InChI=1S/C8H9Br2NO2S/c9-8(10,5-11)7(14(12)13)6-3-1-2-4-6/h6H,1-4H2. The van der Waals surface area contributed by atoms with Crippen LogP contribution in [0.15, 0.2) is 0 Å². The minimum Gasteiger partial charge on any atom is -0.195 e. The van der Waals surface area contributed by atoms with E-state index in [0.717, 1.165) is 25.7 Å². The number of hydrogen-bond donors (Lipinski definition) is 0. The van der Waals surface area contributed by atoms with Crippen molar-refractivity contribution in [3.63, 3.8) is 0 Å². The maximum atomic E-state index is 11.0. The van der Waals surface area contributed by atoms with Crippen LogP contribution in [0, 0.1) is 17.2 Å². The second kappa shape index (κ2) is 4.77. The zero-order valence-corrected chi connectivity index (χ0v) is 11.3. The van der Waals surface area contributed by atoms with Crippen molar-refractivity contribution in [1.82, 2.24) is 0 Å². The van der Waals surface area contributed by atoms with Gasteiger partial charge < -0.3 is 0 Å². The fourth-order valence-corrected chi connectivity index (χ4v) is 3.94. The van der Waals surface area contributed by atoms with Crippen LogP contribution in [0.1, 0.15) is 25.7 Å². The summed E-state index contributed by atoms with van der Waals surface area (Å²) in [6.45, 7) is 0. The summed E-state index contributed by atoms with van der Waals surface area (Å²) in [6.07, 6.45) is 3.77. The highest BCUT2D eigenvalue weighted by Gasteiger charge is 2.37. The molecular weight excluding hydrogens is 334 g/mol. The third kappa shape index (κ3) is 2.59. The van der Waals surface area contributed by atoms with E-state index in [1.54, 1.807) is 0 Å². The smallest absolute Gasteiger partial charge is 0.195 e. The van der Waals surface area contributed by atoms with Crippen molar-refractivity contribution in [2.75, 3.05) is 0 Å². The lowest BCUT2D eigenvalue weighted by atomic mass is 10.0. The number of hydrogen-bond acceptors (Lipinski definition) is 3. The van der Waals surface area contributed by atoms with E-state index in [0.29, 0.717) is 0 Å². The molecule has 6 heteroatoms. The lowest BCUT2D eigenvalue weighted by Crippen LogP contribution is -2.30. The van der Waals surface area contributed by atoms with Crippen molar-refractivity contribution in [1.29, 1.82) is 5.26 Å². The molecule has 0 atom stereocenters. The van der Waals surface area contributed by atoms with Crippen LogP contribution < -0.4 is 0 Å².